The summed E-state index contributed by atoms with van der Waals surface area (Å²) in [6.07, 6.45) is 10.4. The molecular formula is C27H44N2OS. The Kier molecular flexibility index (Phi) is 12.0. The van der Waals surface area contributed by atoms with E-state index in [0.717, 1.165) is 41.9 Å². The lowest BCUT2D eigenvalue weighted by atomic mass is 9.96. The van der Waals surface area contributed by atoms with Gasteiger partial charge in [-0.25, -0.2) is 4.98 Å². The molecule has 0 aliphatic rings. The van der Waals surface area contributed by atoms with Crippen molar-refractivity contribution >= 4 is 16.5 Å². The van der Waals surface area contributed by atoms with Crippen LogP contribution in [0.25, 0.3) is 11.3 Å². The van der Waals surface area contributed by atoms with Crippen molar-refractivity contribution in [3.63, 3.8) is 0 Å². The number of unbranched alkanes of at least 4 members (excludes halogenated alkanes) is 2. The fourth-order valence-electron chi connectivity index (χ4n) is 4.14. The Morgan fingerprint density at radius 3 is 2.13 bits per heavy atom. The minimum Gasteiger partial charge on any atom is -0.494 e. The normalized spacial score (nSPS) is 13.2. The van der Waals surface area contributed by atoms with E-state index in [9.17, 15) is 0 Å². The highest BCUT2D eigenvalue weighted by atomic mass is 32.1. The largest absolute Gasteiger partial charge is 0.494 e. The number of hydrogen-bond acceptors (Lipinski definition) is 4. The molecule has 1 aromatic carbocycles. The first-order chi connectivity index (χ1) is 15.1. The zero-order valence-electron chi connectivity index (χ0n) is 20.5. The standard InChI is InChI=1S/C27H44N2OS/c1-6-11-14-22(8-3)19-29(20-23(9-4)15-12-7-2)27-28-26(21-31-27)24-16-13-17-25(18-24)30-10-5/h13,16-18,21-23H,6-12,14-15,19-20H2,1-5H3. The third kappa shape index (κ3) is 8.48. The van der Waals surface area contributed by atoms with Crippen LogP contribution in [0, 0.1) is 11.8 Å². The van der Waals surface area contributed by atoms with Gasteiger partial charge in [-0.3, -0.25) is 0 Å². The van der Waals surface area contributed by atoms with Crippen LogP contribution in [0.4, 0.5) is 5.13 Å². The van der Waals surface area contributed by atoms with Crippen LogP contribution < -0.4 is 9.64 Å². The molecule has 0 saturated carbocycles. The lowest BCUT2D eigenvalue weighted by molar-refractivity contribution is 0.340. The van der Waals surface area contributed by atoms with Gasteiger partial charge in [-0.05, 0) is 43.7 Å². The number of ether oxygens (including phenoxy) is 1. The van der Waals surface area contributed by atoms with E-state index in [-0.39, 0.29) is 0 Å². The summed E-state index contributed by atoms with van der Waals surface area (Å²) in [5.74, 6) is 2.41. The molecule has 0 aliphatic heterocycles. The fraction of sp³-hybridized carbons (Fsp3) is 0.667. The van der Waals surface area contributed by atoms with Crippen molar-refractivity contribution in [2.24, 2.45) is 11.8 Å². The summed E-state index contributed by atoms with van der Waals surface area (Å²) in [7, 11) is 0. The third-order valence-corrected chi connectivity index (χ3v) is 7.15. The number of aromatic nitrogens is 1. The van der Waals surface area contributed by atoms with Gasteiger partial charge < -0.3 is 9.64 Å². The molecule has 0 saturated heterocycles. The number of rotatable bonds is 16. The molecule has 0 spiro atoms. The third-order valence-electron chi connectivity index (χ3n) is 6.25. The van der Waals surface area contributed by atoms with E-state index < -0.39 is 0 Å². The summed E-state index contributed by atoms with van der Waals surface area (Å²) >= 11 is 1.80. The summed E-state index contributed by atoms with van der Waals surface area (Å²) in [4.78, 5) is 7.71. The second-order valence-corrected chi connectivity index (χ2v) is 9.55. The summed E-state index contributed by atoms with van der Waals surface area (Å²) in [6, 6.07) is 8.33. The topological polar surface area (TPSA) is 25.4 Å². The van der Waals surface area contributed by atoms with Gasteiger partial charge in [0.2, 0.25) is 0 Å². The molecule has 0 fully saturated rings. The molecule has 2 atom stereocenters. The fourth-order valence-corrected chi connectivity index (χ4v) is 5.00. The molecule has 2 unspecified atom stereocenters. The molecule has 0 radical (unpaired) electrons. The maximum atomic E-state index is 5.70. The van der Waals surface area contributed by atoms with Crippen LogP contribution in [0.15, 0.2) is 29.6 Å². The van der Waals surface area contributed by atoms with Crippen molar-refractivity contribution in [3.05, 3.63) is 29.6 Å². The van der Waals surface area contributed by atoms with Crippen LogP contribution in [0.5, 0.6) is 5.75 Å². The van der Waals surface area contributed by atoms with E-state index in [0.29, 0.717) is 6.61 Å². The van der Waals surface area contributed by atoms with Crippen LogP contribution in [0.1, 0.15) is 86.0 Å². The van der Waals surface area contributed by atoms with Gasteiger partial charge in [-0.15, -0.1) is 11.3 Å². The van der Waals surface area contributed by atoms with E-state index in [1.165, 1.54) is 56.5 Å². The molecule has 4 heteroatoms. The van der Waals surface area contributed by atoms with Crippen molar-refractivity contribution in [2.45, 2.75) is 86.0 Å². The lowest BCUT2D eigenvalue weighted by Crippen LogP contribution is -2.34. The van der Waals surface area contributed by atoms with E-state index in [4.69, 9.17) is 9.72 Å². The number of benzene rings is 1. The van der Waals surface area contributed by atoms with Crippen molar-refractivity contribution in [2.75, 3.05) is 24.6 Å². The molecule has 1 aromatic heterocycles. The highest BCUT2D eigenvalue weighted by Gasteiger charge is 2.20. The van der Waals surface area contributed by atoms with Crippen molar-refractivity contribution in [1.29, 1.82) is 0 Å². The van der Waals surface area contributed by atoms with E-state index >= 15 is 0 Å². The van der Waals surface area contributed by atoms with Gasteiger partial charge in [0.1, 0.15) is 5.75 Å². The Morgan fingerprint density at radius 1 is 0.935 bits per heavy atom. The van der Waals surface area contributed by atoms with Gasteiger partial charge in [0.05, 0.1) is 12.3 Å². The zero-order chi connectivity index (χ0) is 22.5. The Morgan fingerprint density at radius 2 is 1.58 bits per heavy atom. The maximum Gasteiger partial charge on any atom is 0.185 e. The first kappa shape index (κ1) is 25.7. The number of nitrogens with zero attached hydrogens (tertiary/aromatic N) is 2. The molecular weight excluding hydrogens is 400 g/mol. The highest BCUT2D eigenvalue weighted by Crippen LogP contribution is 2.31. The highest BCUT2D eigenvalue weighted by molar-refractivity contribution is 7.14. The van der Waals surface area contributed by atoms with Gasteiger partial charge in [0.15, 0.2) is 5.13 Å². The second kappa shape index (κ2) is 14.5. The predicted molar refractivity (Wildman–Crippen MR) is 138 cm³/mol. The van der Waals surface area contributed by atoms with Gasteiger partial charge in [-0.2, -0.15) is 0 Å². The number of thiazole rings is 1. The molecule has 2 aromatic rings. The van der Waals surface area contributed by atoms with Crippen LogP contribution in [-0.4, -0.2) is 24.7 Å². The number of hydrogen-bond donors (Lipinski definition) is 0. The zero-order valence-corrected chi connectivity index (χ0v) is 21.3. The van der Waals surface area contributed by atoms with Gasteiger partial charge in [0, 0.05) is 24.0 Å². The first-order valence-electron chi connectivity index (χ1n) is 12.6. The SMILES string of the molecule is CCCCC(CC)CN(CC(CC)CCCC)c1nc(-c2cccc(OCC)c2)cs1. The lowest BCUT2D eigenvalue weighted by Gasteiger charge is -2.30. The van der Waals surface area contributed by atoms with Crippen molar-refractivity contribution in [1.82, 2.24) is 4.98 Å². The summed E-state index contributed by atoms with van der Waals surface area (Å²) in [6.45, 7) is 14.3. The summed E-state index contributed by atoms with van der Waals surface area (Å²) in [5.41, 5.74) is 2.21. The average molecular weight is 445 g/mol. The Bertz CT molecular complexity index is 712. The first-order valence-corrected chi connectivity index (χ1v) is 13.5. The molecule has 0 amide bonds. The van der Waals surface area contributed by atoms with Crippen molar-refractivity contribution in [3.8, 4) is 17.0 Å². The van der Waals surface area contributed by atoms with Gasteiger partial charge in [-0.1, -0.05) is 78.4 Å². The summed E-state index contributed by atoms with van der Waals surface area (Å²) < 4.78 is 5.70. The smallest absolute Gasteiger partial charge is 0.185 e. The minimum absolute atomic E-state index is 0.686. The molecule has 3 nitrogen and oxygen atoms in total. The number of anilines is 1. The maximum absolute atomic E-state index is 5.70. The van der Waals surface area contributed by atoms with Crippen LogP contribution >= 0.6 is 11.3 Å². The van der Waals surface area contributed by atoms with Gasteiger partial charge >= 0.3 is 0 Å². The van der Waals surface area contributed by atoms with E-state index in [2.05, 4.69) is 56.2 Å². The van der Waals surface area contributed by atoms with Gasteiger partial charge in [0.25, 0.3) is 0 Å². The molecule has 0 aliphatic carbocycles. The molecule has 1 heterocycles. The Balaban J connectivity index is 2.22. The quantitative estimate of drug-likeness (QED) is 0.260. The second-order valence-electron chi connectivity index (χ2n) is 8.71. The average Bonchev–Trinajstić information content (AvgIpc) is 3.29. The molecule has 0 N–H and O–H groups in total. The van der Waals surface area contributed by atoms with Crippen molar-refractivity contribution < 1.29 is 4.74 Å². The molecule has 0 bridgehead atoms. The Labute approximate surface area is 195 Å². The minimum atomic E-state index is 0.686. The van der Waals surface area contributed by atoms with E-state index in [1.54, 1.807) is 11.3 Å². The van der Waals surface area contributed by atoms with Crippen LogP contribution in [0.3, 0.4) is 0 Å². The van der Waals surface area contributed by atoms with Crippen LogP contribution in [0.2, 0.25) is 0 Å². The predicted octanol–water partition coefficient (Wildman–Crippen LogP) is 8.45. The summed E-state index contributed by atoms with van der Waals surface area (Å²) in [5, 5.41) is 3.40. The monoisotopic (exact) mass is 444 g/mol. The molecule has 174 valence electrons. The van der Waals surface area contributed by atoms with E-state index in [1.807, 2.05) is 13.0 Å². The molecule has 31 heavy (non-hydrogen) atoms. The Hall–Kier alpha value is -1.55. The molecule has 2 rings (SSSR count). The van der Waals surface area contributed by atoms with Crippen LogP contribution in [-0.2, 0) is 0 Å².